The van der Waals surface area contributed by atoms with Gasteiger partial charge in [0.15, 0.2) is 0 Å². The number of benzene rings is 2. The van der Waals surface area contributed by atoms with Crippen LogP contribution < -0.4 is 4.72 Å². The van der Waals surface area contributed by atoms with Crippen LogP contribution in [0.3, 0.4) is 0 Å². The zero-order valence-corrected chi connectivity index (χ0v) is 20.3. The zero-order valence-electron chi connectivity index (χ0n) is 19.5. The second kappa shape index (κ2) is 11.8. The van der Waals surface area contributed by atoms with Gasteiger partial charge in [-0.15, -0.1) is 0 Å². The number of hydrogen-bond acceptors (Lipinski definition) is 3. The first-order chi connectivity index (χ1) is 15.4. The molecule has 0 radical (unpaired) electrons. The highest BCUT2D eigenvalue weighted by Crippen LogP contribution is 2.25. The maximum absolute atomic E-state index is 14.6. The van der Waals surface area contributed by atoms with Crippen molar-refractivity contribution in [3.63, 3.8) is 0 Å². The van der Waals surface area contributed by atoms with Gasteiger partial charge in [0.2, 0.25) is 0 Å². The molecule has 0 aromatic heterocycles. The van der Waals surface area contributed by atoms with Crippen LogP contribution in [0.4, 0.5) is 10.1 Å². The first-order valence-corrected chi connectivity index (χ1v) is 13.6. The second-order valence-corrected chi connectivity index (χ2v) is 10.6. The van der Waals surface area contributed by atoms with Crippen molar-refractivity contribution in [3.8, 4) is 0 Å². The van der Waals surface area contributed by atoms with Crippen molar-refractivity contribution >= 4 is 15.7 Å². The number of aryl methyl sites for hydroxylation is 1. The molecule has 1 aliphatic rings. The molecule has 3 rings (SSSR count). The third-order valence-corrected chi connectivity index (χ3v) is 7.62. The van der Waals surface area contributed by atoms with Crippen molar-refractivity contribution in [1.29, 1.82) is 0 Å². The minimum absolute atomic E-state index is 0.00296. The number of unbranched alkanes of at least 4 members (excludes halogenated alkanes) is 5. The molecule has 0 spiro atoms. The topological polar surface area (TPSA) is 49.4 Å². The lowest BCUT2D eigenvalue weighted by atomic mass is 10.00. The fraction of sp³-hybridized carbons (Fsp3) is 0.538. The molecule has 0 atom stereocenters. The number of nitrogens with zero attached hydrogens (tertiary/aromatic N) is 1. The zero-order chi connectivity index (χ0) is 23.0. The highest BCUT2D eigenvalue weighted by atomic mass is 32.2. The molecule has 2 aromatic carbocycles. The first-order valence-electron chi connectivity index (χ1n) is 12.1. The predicted octanol–water partition coefficient (Wildman–Crippen LogP) is 6.30. The van der Waals surface area contributed by atoms with E-state index in [4.69, 9.17) is 0 Å². The fourth-order valence-electron chi connectivity index (χ4n) is 4.26. The Balaban J connectivity index is 1.64. The average molecular weight is 461 g/mol. The molecule has 0 fully saturated rings. The van der Waals surface area contributed by atoms with E-state index < -0.39 is 15.8 Å². The van der Waals surface area contributed by atoms with Crippen molar-refractivity contribution in [3.05, 3.63) is 58.9 Å². The largest absolute Gasteiger partial charge is 0.299 e. The van der Waals surface area contributed by atoms with Crippen LogP contribution in [0, 0.1) is 5.82 Å². The van der Waals surface area contributed by atoms with Gasteiger partial charge in [-0.2, -0.15) is 0 Å². The number of sulfonamides is 1. The van der Waals surface area contributed by atoms with Crippen molar-refractivity contribution in [1.82, 2.24) is 4.90 Å². The molecule has 4 nitrogen and oxygen atoms in total. The Hall–Kier alpha value is -1.92. The summed E-state index contributed by atoms with van der Waals surface area (Å²) in [4.78, 5) is 2.61. The van der Waals surface area contributed by atoms with Crippen LogP contribution >= 0.6 is 0 Å². The van der Waals surface area contributed by atoms with E-state index in [2.05, 4.69) is 23.5 Å². The summed E-state index contributed by atoms with van der Waals surface area (Å²) in [6, 6.07) is 10.1. The van der Waals surface area contributed by atoms with Gasteiger partial charge in [0.25, 0.3) is 10.0 Å². The summed E-state index contributed by atoms with van der Waals surface area (Å²) >= 11 is 0. The van der Waals surface area contributed by atoms with Gasteiger partial charge >= 0.3 is 0 Å². The summed E-state index contributed by atoms with van der Waals surface area (Å²) in [5.74, 6) is -0.524. The maximum Gasteiger partial charge on any atom is 0.261 e. The third-order valence-electron chi connectivity index (χ3n) is 6.25. The maximum atomic E-state index is 14.6. The molecule has 0 aliphatic carbocycles. The van der Waals surface area contributed by atoms with Crippen molar-refractivity contribution in [2.75, 3.05) is 17.8 Å². The summed E-state index contributed by atoms with van der Waals surface area (Å²) < 4.78 is 42.9. The van der Waals surface area contributed by atoms with E-state index in [9.17, 15) is 12.8 Å². The van der Waals surface area contributed by atoms with Crippen LogP contribution in [-0.4, -0.2) is 26.4 Å². The van der Waals surface area contributed by atoms with E-state index in [1.807, 2.05) is 12.1 Å². The highest BCUT2D eigenvalue weighted by molar-refractivity contribution is 7.92. The van der Waals surface area contributed by atoms with E-state index >= 15 is 0 Å². The molecule has 2 aromatic rings. The Bertz CT molecular complexity index is 991. The molecular formula is C26H37FN2O2S. The Labute approximate surface area is 193 Å². The quantitative estimate of drug-likeness (QED) is 0.378. The third kappa shape index (κ3) is 6.79. The van der Waals surface area contributed by atoms with Gasteiger partial charge in [-0.05, 0) is 73.2 Å². The monoisotopic (exact) mass is 460 g/mol. The van der Waals surface area contributed by atoms with Gasteiger partial charge in [-0.3, -0.25) is 9.62 Å². The number of halogens is 1. The molecule has 6 heteroatoms. The number of anilines is 1. The summed E-state index contributed by atoms with van der Waals surface area (Å²) in [5.41, 5.74) is 3.16. The summed E-state index contributed by atoms with van der Waals surface area (Å²) in [6.45, 7) is 7.25. The van der Waals surface area contributed by atoms with E-state index in [0.29, 0.717) is 0 Å². The number of nitrogens with one attached hydrogen (secondary N) is 1. The van der Waals surface area contributed by atoms with E-state index in [0.717, 1.165) is 56.4 Å². The van der Waals surface area contributed by atoms with Gasteiger partial charge < -0.3 is 0 Å². The summed E-state index contributed by atoms with van der Waals surface area (Å²) in [5, 5.41) is 0. The summed E-state index contributed by atoms with van der Waals surface area (Å²) in [6.07, 6.45) is 9.79. The minimum atomic E-state index is -3.84. The lowest BCUT2D eigenvalue weighted by Gasteiger charge is -2.29. The highest BCUT2D eigenvalue weighted by Gasteiger charge is 2.21. The van der Waals surface area contributed by atoms with E-state index in [-0.39, 0.29) is 10.6 Å². The normalized spacial score (nSPS) is 14.3. The van der Waals surface area contributed by atoms with Crippen LogP contribution in [0.1, 0.15) is 75.5 Å². The number of rotatable bonds is 12. The Morgan fingerprint density at radius 2 is 1.72 bits per heavy atom. The van der Waals surface area contributed by atoms with Crippen molar-refractivity contribution < 1.29 is 12.8 Å². The lowest BCUT2D eigenvalue weighted by Crippen LogP contribution is -2.31. The van der Waals surface area contributed by atoms with Crippen LogP contribution in [0.15, 0.2) is 41.3 Å². The van der Waals surface area contributed by atoms with Gasteiger partial charge in [-0.1, -0.05) is 58.1 Å². The molecule has 1 N–H and O–H groups in total. The molecule has 0 saturated heterocycles. The van der Waals surface area contributed by atoms with Gasteiger partial charge in [0.05, 0.1) is 10.6 Å². The molecule has 0 unspecified atom stereocenters. The van der Waals surface area contributed by atoms with E-state index in [1.54, 1.807) is 12.1 Å². The van der Waals surface area contributed by atoms with E-state index in [1.165, 1.54) is 49.8 Å². The molecule has 0 saturated carbocycles. The molecule has 1 heterocycles. The fourth-order valence-corrected chi connectivity index (χ4v) is 5.38. The molecular weight excluding hydrogens is 423 g/mol. The van der Waals surface area contributed by atoms with Gasteiger partial charge in [0.1, 0.15) is 5.82 Å². The van der Waals surface area contributed by atoms with Crippen LogP contribution in [0.25, 0.3) is 0 Å². The summed E-state index contributed by atoms with van der Waals surface area (Å²) in [7, 11) is -3.84. The van der Waals surface area contributed by atoms with Gasteiger partial charge in [-0.25, -0.2) is 12.8 Å². The van der Waals surface area contributed by atoms with Gasteiger partial charge in [0, 0.05) is 13.1 Å². The average Bonchev–Trinajstić information content (AvgIpc) is 2.78. The van der Waals surface area contributed by atoms with Crippen LogP contribution in [-0.2, 0) is 29.4 Å². The predicted molar refractivity (Wildman–Crippen MR) is 130 cm³/mol. The second-order valence-electron chi connectivity index (χ2n) is 8.89. The van der Waals surface area contributed by atoms with Crippen molar-refractivity contribution in [2.45, 2.75) is 83.1 Å². The Morgan fingerprint density at radius 3 is 2.47 bits per heavy atom. The lowest BCUT2D eigenvalue weighted by molar-refractivity contribution is 0.250. The Kier molecular flexibility index (Phi) is 9.11. The molecule has 0 bridgehead atoms. The Morgan fingerprint density at radius 1 is 0.938 bits per heavy atom. The molecule has 0 amide bonds. The smallest absolute Gasteiger partial charge is 0.261 e. The number of hydrogen-bond donors (Lipinski definition) is 1. The van der Waals surface area contributed by atoms with Crippen molar-refractivity contribution in [2.24, 2.45) is 0 Å². The first kappa shape index (κ1) is 24.7. The van der Waals surface area contributed by atoms with Crippen LogP contribution in [0.2, 0.25) is 0 Å². The minimum Gasteiger partial charge on any atom is -0.299 e. The number of fused-ring (bicyclic) bond motifs is 1. The van der Waals surface area contributed by atoms with Crippen LogP contribution in [0.5, 0.6) is 0 Å². The SMILES string of the molecule is CCCCCCCc1ccc(NS(=O)(=O)c2ccc3c(c2)CCN(CCCC)C3)c(F)c1. The standard InChI is InChI=1S/C26H37FN2O2S/c1-3-5-7-8-9-10-21-11-14-26(25(27)18-21)28-32(30,31)24-13-12-23-20-29(16-6-4-2)17-15-22(23)19-24/h11-14,18-19,28H,3-10,15-17,20H2,1-2H3. The molecule has 176 valence electrons. The molecule has 1 aliphatic heterocycles. The molecule has 32 heavy (non-hydrogen) atoms.